The van der Waals surface area contributed by atoms with E-state index in [-0.39, 0.29) is 11.9 Å². The summed E-state index contributed by atoms with van der Waals surface area (Å²) in [5, 5.41) is 0.721. The first-order valence-corrected chi connectivity index (χ1v) is 7.10. The smallest absolute Gasteiger partial charge is 0.254 e. The van der Waals surface area contributed by atoms with Gasteiger partial charge in [0.1, 0.15) is 0 Å². The molecule has 1 amide bonds. The molecular weight excluding hydrogens is 272 g/mol. The van der Waals surface area contributed by atoms with Crippen molar-refractivity contribution in [2.24, 2.45) is 0 Å². The molecule has 0 N–H and O–H groups in total. The van der Waals surface area contributed by atoms with Gasteiger partial charge in [-0.1, -0.05) is 23.7 Å². The zero-order chi connectivity index (χ0) is 13.9. The largest absolute Gasteiger partial charge is 0.332 e. The number of amides is 1. The molecule has 1 aromatic carbocycles. The second-order valence-electron chi connectivity index (χ2n) is 4.94. The molecule has 1 saturated heterocycles. The molecule has 1 atom stereocenters. The fraction of sp³-hybridized carbons (Fsp3) is 0.250. The fourth-order valence-electron chi connectivity index (χ4n) is 2.70. The van der Waals surface area contributed by atoms with Crippen LogP contribution >= 0.6 is 11.6 Å². The minimum absolute atomic E-state index is 0.0739. The third-order valence-electron chi connectivity index (χ3n) is 3.70. The molecule has 0 aliphatic carbocycles. The summed E-state index contributed by atoms with van der Waals surface area (Å²) in [6.45, 7) is 0.800. The number of hydrogen-bond acceptors (Lipinski definition) is 2. The molecule has 2 aromatic rings. The molecule has 3 rings (SSSR count). The molecule has 102 valence electrons. The van der Waals surface area contributed by atoms with Crippen molar-refractivity contribution in [3.8, 4) is 0 Å². The van der Waals surface area contributed by atoms with Gasteiger partial charge >= 0.3 is 0 Å². The lowest BCUT2D eigenvalue weighted by molar-refractivity contribution is 0.0735. The van der Waals surface area contributed by atoms with Crippen molar-refractivity contribution in [1.29, 1.82) is 0 Å². The summed E-state index contributed by atoms with van der Waals surface area (Å²) in [5.41, 5.74) is 1.84. The van der Waals surface area contributed by atoms with Crippen molar-refractivity contribution in [2.45, 2.75) is 18.9 Å². The highest BCUT2D eigenvalue weighted by atomic mass is 35.5. The van der Waals surface area contributed by atoms with Gasteiger partial charge < -0.3 is 4.90 Å². The summed E-state index contributed by atoms with van der Waals surface area (Å²) in [5.74, 6) is 0.0739. The van der Waals surface area contributed by atoms with Crippen LogP contribution in [0.15, 0.2) is 48.8 Å². The highest BCUT2D eigenvalue weighted by molar-refractivity contribution is 6.30. The number of likely N-dealkylation sites (tertiary alicyclic amines) is 1. The zero-order valence-electron chi connectivity index (χ0n) is 11.0. The van der Waals surface area contributed by atoms with Crippen LogP contribution in [0, 0.1) is 0 Å². The predicted octanol–water partition coefficient (Wildman–Crippen LogP) is 3.71. The predicted molar refractivity (Wildman–Crippen MR) is 78.7 cm³/mol. The average molecular weight is 287 g/mol. The van der Waals surface area contributed by atoms with Gasteiger partial charge in [-0.25, -0.2) is 0 Å². The number of nitrogens with zero attached hydrogens (tertiary/aromatic N) is 2. The van der Waals surface area contributed by atoms with Gasteiger partial charge in [-0.3, -0.25) is 9.78 Å². The van der Waals surface area contributed by atoms with Crippen molar-refractivity contribution in [2.75, 3.05) is 6.54 Å². The number of halogens is 1. The second-order valence-corrected chi connectivity index (χ2v) is 5.38. The summed E-state index contributed by atoms with van der Waals surface area (Å²) in [6, 6.07) is 11.4. The first-order valence-electron chi connectivity index (χ1n) is 6.72. The van der Waals surface area contributed by atoms with Crippen molar-refractivity contribution >= 4 is 17.5 Å². The number of benzene rings is 1. The Labute approximate surface area is 123 Å². The maximum Gasteiger partial charge on any atom is 0.254 e. The molecule has 1 fully saturated rings. The molecule has 0 saturated carbocycles. The second kappa shape index (κ2) is 5.63. The zero-order valence-corrected chi connectivity index (χ0v) is 11.8. The minimum atomic E-state index is 0.0739. The number of rotatable bonds is 2. The lowest BCUT2D eigenvalue weighted by Crippen LogP contribution is -2.30. The standard InChI is InChI=1S/C16H15ClN2O/c17-14-5-3-12(4-6-14)15-2-1-11-19(15)16(20)13-7-9-18-10-8-13/h3-10,15H,1-2,11H2/t15-/m0/s1. The van der Waals surface area contributed by atoms with E-state index in [1.807, 2.05) is 29.2 Å². The first kappa shape index (κ1) is 13.1. The summed E-state index contributed by atoms with van der Waals surface area (Å²) < 4.78 is 0. The highest BCUT2D eigenvalue weighted by Gasteiger charge is 2.30. The van der Waals surface area contributed by atoms with Crippen molar-refractivity contribution in [1.82, 2.24) is 9.88 Å². The highest BCUT2D eigenvalue weighted by Crippen LogP contribution is 2.33. The third kappa shape index (κ3) is 2.54. The van der Waals surface area contributed by atoms with Gasteiger partial charge in [-0.05, 0) is 42.7 Å². The number of carbonyl (C=O) groups is 1. The van der Waals surface area contributed by atoms with E-state index in [2.05, 4.69) is 4.98 Å². The monoisotopic (exact) mass is 286 g/mol. The molecule has 3 nitrogen and oxygen atoms in total. The van der Waals surface area contributed by atoms with E-state index < -0.39 is 0 Å². The summed E-state index contributed by atoms with van der Waals surface area (Å²) in [7, 11) is 0. The van der Waals surface area contributed by atoms with Crippen LogP contribution in [0.2, 0.25) is 5.02 Å². The van der Waals surface area contributed by atoms with Crippen molar-refractivity contribution in [3.05, 3.63) is 64.9 Å². The minimum Gasteiger partial charge on any atom is -0.332 e. The fourth-order valence-corrected chi connectivity index (χ4v) is 2.83. The lowest BCUT2D eigenvalue weighted by atomic mass is 10.0. The van der Waals surface area contributed by atoms with Crippen molar-refractivity contribution in [3.63, 3.8) is 0 Å². The van der Waals surface area contributed by atoms with Crippen LogP contribution in [-0.4, -0.2) is 22.3 Å². The first-order chi connectivity index (χ1) is 9.75. The van der Waals surface area contributed by atoms with Crippen LogP contribution in [0.1, 0.15) is 34.8 Å². The van der Waals surface area contributed by atoms with Crippen LogP contribution < -0.4 is 0 Å². The molecule has 2 heterocycles. The Hall–Kier alpha value is -1.87. The SMILES string of the molecule is O=C(c1ccncc1)N1CCC[C@H]1c1ccc(Cl)cc1. The Morgan fingerprint density at radius 3 is 2.55 bits per heavy atom. The number of pyridine rings is 1. The van der Waals surface area contributed by atoms with E-state index in [1.54, 1.807) is 24.5 Å². The van der Waals surface area contributed by atoms with Crippen LogP contribution in [-0.2, 0) is 0 Å². The molecule has 0 spiro atoms. The molecule has 1 aliphatic heterocycles. The molecule has 4 heteroatoms. The Bertz CT molecular complexity index is 598. The van der Waals surface area contributed by atoms with Crippen LogP contribution in [0.25, 0.3) is 0 Å². The average Bonchev–Trinajstić information content (AvgIpc) is 2.97. The lowest BCUT2D eigenvalue weighted by Gasteiger charge is -2.25. The van der Waals surface area contributed by atoms with E-state index >= 15 is 0 Å². The van der Waals surface area contributed by atoms with E-state index in [9.17, 15) is 4.79 Å². The topological polar surface area (TPSA) is 33.2 Å². The molecule has 20 heavy (non-hydrogen) atoms. The van der Waals surface area contributed by atoms with Gasteiger partial charge in [-0.2, -0.15) is 0 Å². The quantitative estimate of drug-likeness (QED) is 0.843. The van der Waals surface area contributed by atoms with E-state index in [0.29, 0.717) is 5.56 Å². The number of hydrogen-bond donors (Lipinski definition) is 0. The van der Waals surface area contributed by atoms with E-state index in [1.165, 1.54) is 0 Å². The van der Waals surface area contributed by atoms with Crippen LogP contribution in [0.4, 0.5) is 0 Å². The summed E-state index contributed by atoms with van der Waals surface area (Å²) >= 11 is 5.93. The maximum absolute atomic E-state index is 12.6. The Balaban J connectivity index is 1.86. The molecule has 0 bridgehead atoms. The van der Waals surface area contributed by atoms with Gasteiger partial charge in [-0.15, -0.1) is 0 Å². The number of carbonyl (C=O) groups excluding carboxylic acids is 1. The van der Waals surface area contributed by atoms with Crippen LogP contribution in [0.5, 0.6) is 0 Å². The van der Waals surface area contributed by atoms with Crippen molar-refractivity contribution < 1.29 is 4.79 Å². The van der Waals surface area contributed by atoms with Gasteiger partial charge in [0.25, 0.3) is 5.91 Å². The maximum atomic E-state index is 12.6. The van der Waals surface area contributed by atoms with Gasteiger partial charge in [0.05, 0.1) is 6.04 Å². The van der Waals surface area contributed by atoms with E-state index in [0.717, 1.165) is 30.0 Å². The molecule has 1 aliphatic rings. The van der Waals surface area contributed by atoms with Gasteiger partial charge in [0.2, 0.25) is 0 Å². The Morgan fingerprint density at radius 1 is 1.15 bits per heavy atom. The van der Waals surface area contributed by atoms with E-state index in [4.69, 9.17) is 11.6 Å². The van der Waals surface area contributed by atoms with Gasteiger partial charge in [0, 0.05) is 29.5 Å². The molecule has 0 radical (unpaired) electrons. The third-order valence-corrected chi connectivity index (χ3v) is 3.95. The van der Waals surface area contributed by atoms with Crippen LogP contribution in [0.3, 0.4) is 0 Å². The summed E-state index contributed by atoms with van der Waals surface area (Å²) in [6.07, 6.45) is 5.34. The van der Waals surface area contributed by atoms with Gasteiger partial charge in [0.15, 0.2) is 0 Å². The molecule has 0 unspecified atom stereocenters. The Kier molecular flexibility index (Phi) is 3.70. The number of aromatic nitrogens is 1. The normalized spacial score (nSPS) is 18.2. The molecule has 1 aromatic heterocycles. The molecular formula is C16H15ClN2O. The Morgan fingerprint density at radius 2 is 1.85 bits per heavy atom. The summed E-state index contributed by atoms with van der Waals surface area (Å²) in [4.78, 5) is 18.5.